The van der Waals surface area contributed by atoms with E-state index < -0.39 is 5.60 Å². The summed E-state index contributed by atoms with van der Waals surface area (Å²) in [6.07, 6.45) is 6.13. The fourth-order valence-electron chi connectivity index (χ4n) is 2.04. The molecule has 2 heteroatoms. The third-order valence-corrected chi connectivity index (χ3v) is 3.30. The van der Waals surface area contributed by atoms with Crippen LogP contribution in [0.3, 0.4) is 0 Å². The number of carbonyl (C=O) groups is 1. The van der Waals surface area contributed by atoms with Gasteiger partial charge in [-0.2, -0.15) is 0 Å². The molecule has 0 bridgehead atoms. The highest BCUT2D eigenvalue weighted by molar-refractivity contribution is 5.62. The summed E-state index contributed by atoms with van der Waals surface area (Å²) < 4.78 is 5.33. The van der Waals surface area contributed by atoms with Crippen LogP contribution >= 0.6 is 0 Å². The Bertz CT molecular complexity index is 187. The van der Waals surface area contributed by atoms with Gasteiger partial charge in [0.05, 0.1) is 0 Å². The number of rotatable bonds is 2. The topological polar surface area (TPSA) is 26.3 Å². The van der Waals surface area contributed by atoms with Gasteiger partial charge in [-0.25, -0.2) is 0 Å². The average molecular weight is 184 g/mol. The van der Waals surface area contributed by atoms with Gasteiger partial charge in [-0.05, 0) is 37.5 Å². The zero-order chi connectivity index (χ0) is 9.95. The quantitative estimate of drug-likeness (QED) is 0.487. The molecule has 0 N–H and O–H groups in total. The minimum Gasteiger partial charge on any atom is -0.371 e. The Balaban J connectivity index is 2.67. The number of hydrogen-bond donors (Lipinski definition) is 0. The van der Waals surface area contributed by atoms with Gasteiger partial charge in [0, 0.05) is 7.11 Å². The zero-order valence-electron chi connectivity index (χ0n) is 8.93. The first-order valence-electron chi connectivity index (χ1n) is 5.05. The van der Waals surface area contributed by atoms with Crippen molar-refractivity contribution in [2.75, 3.05) is 7.11 Å². The fraction of sp³-hybridized carbons (Fsp3) is 0.909. The normalized spacial score (nSPS) is 33.8. The van der Waals surface area contributed by atoms with Crippen LogP contribution in [-0.4, -0.2) is 19.0 Å². The van der Waals surface area contributed by atoms with Crippen LogP contribution in [0, 0.1) is 5.41 Å². The summed E-state index contributed by atoms with van der Waals surface area (Å²) in [5.74, 6) is 0. The van der Waals surface area contributed by atoms with Crippen molar-refractivity contribution < 1.29 is 9.53 Å². The summed E-state index contributed by atoms with van der Waals surface area (Å²) in [7, 11) is 1.65. The number of methoxy groups -OCH3 is 1. The summed E-state index contributed by atoms with van der Waals surface area (Å²) in [6, 6.07) is 0. The minimum atomic E-state index is -0.478. The Morgan fingerprint density at radius 3 is 2.38 bits per heavy atom. The van der Waals surface area contributed by atoms with E-state index in [9.17, 15) is 4.79 Å². The maximum absolute atomic E-state index is 11.0. The molecule has 1 unspecified atom stereocenters. The maximum atomic E-state index is 11.0. The van der Waals surface area contributed by atoms with E-state index in [1.165, 1.54) is 6.42 Å². The van der Waals surface area contributed by atoms with Crippen LogP contribution < -0.4 is 0 Å². The highest BCUT2D eigenvalue weighted by Gasteiger charge is 2.35. The maximum Gasteiger partial charge on any atom is 0.151 e. The van der Waals surface area contributed by atoms with Gasteiger partial charge in [0.1, 0.15) is 5.60 Å². The van der Waals surface area contributed by atoms with Crippen LogP contribution in [0.1, 0.15) is 46.0 Å². The van der Waals surface area contributed by atoms with E-state index in [-0.39, 0.29) is 0 Å². The predicted octanol–water partition coefficient (Wildman–Crippen LogP) is 2.56. The van der Waals surface area contributed by atoms with Gasteiger partial charge in [-0.3, -0.25) is 0 Å². The van der Waals surface area contributed by atoms with E-state index in [0.29, 0.717) is 5.41 Å². The Kier molecular flexibility index (Phi) is 3.12. The Morgan fingerprint density at radius 2 is 1.85 bits per heavy atom. The third kappa shape index (κ3) is 2.53. The van der Waals surface area contributed by atoms with Gasteiger partial charge < -0.3 is 9.53 Å². The average Bonchev–Trinajstić information content (AvgIpc) is 2.25. The molecule has 1 saturated carbocycles. The lowest BCUT2D eigenvalue weighted by Crippen LogP contribution is -2.32. The van der Waals surface area contributed by atoms with E-state index in [0.717, 1.165) is 32.0 Å². The summed E-state index contributed by atoms with van der Waals surface area (Å²) in [5.41, 5.74) is -0.100. The lowest BCUT2D eigenvalue weighted by atomic mass is 9.84. The molecule has 0 aliphatic heterocycles. The smallest absolute Gasteiger partial charge is 0.151 e. The van der Waals surface area contributed by atoms with Crippen LogP contribution in [0.15, 0.2) is 0 Å². The molecular weight excluding hydrogens is 164 g/mol. The number of aldehydes is 1. The van der Waals surface area contributed by atoms with E-state index in [1.54, 1.807) is 7.11 Å². The molecule has 0 saturated heterocycles. The van der Waals surface area contributed by atoms with Crippen LogP contribution in [0.4, 0.5) is 0 Å². The number of carbonyl (C=O) groups excluding carboxylic acids is 1. The van der Waals surface area contributed by atoms with Crippen molar-refractivity contribution >= 4 is 6.29 Å². The molecule has 0 radical (unpaired) electrons. The second-order valence-corrected chi connectivity index (χ2v) is 4.90. The van der Waals surface area contributed by atoms with Crippen molar-refractivity contribution in [3.05, 3.63) is 0 Å². The van der Waals surface area contributed by atoms with E-state index in [2.05, 4.69) is 13.8 Å². The molecule has 1 fully saturated rings. The molecule has 0 spiro atoms. The highest BCUT2D eigenvalue weighted by atomic mass is 16.5. The van der Waals surface area contributed by atoms with Gasteiger partial charge in [0.15, 0.2) is 6.29 Å². The van der Waals surface area contributed by atoms with Crippen molar-refractivity contribution in [2.24, 2.45) is 5.41 Å². The fourth-order valence-corrected chi connectivity index (χ4v) is 2.04. The van der Waals surface area contributed by atoms with Gasteiger partial charge in [0.25, 0.3) is 0 Å². The summed E-state index contributed by atoms with van der Waals surface area (Å²) in [5, 5.41) is 0. The molecule has 1 aliphatic carbocycles. The van der Waals surface area contributed by atoms with Crippen LogP contribution in [0.25, 0.3) is 0 Å². The lowest BCUT2D eigenvalue weighted by Gasteiger charge is -2.26. The molecule has 0 aromatic rings. The second-order valence-electron chi connectivity index (χ2n) is 4.90. The molecule has 1 aliphatic rings. The Morgan fingerprint density at radius 1 is 1.15 bits per heavy atom. The molecule has 76 valence electrons. The summed E-state index contributed by atoms with van der Waals surface area (Å²) in [6.45, 7) is 4.53. The molecule has 0 heterocycles. The molecule has 0 aromatic heterocycles. The first-order chi connectivity index (χ1) is 6.04. The van der Waals surface area contributed by atoms with Crippen LogP contribution in [0.2, 0.25) is 0 Å². The predicted molar refractivity (Wildman–Crippen MR) is 52.7 cm³/mol. The van der Waals surface area contributed by atoms with Crippen molar-refractivity contribution in [1.29, 1.82) is 0 Å². The zero-order valence-corrected chi connectivity index (χ0v) is 8.93. The molecule has 0 aromatic carbocycles. The molecule has 1 atom stereocenters. The van der Waals surface area contributed by atoms with E-state index >= 15 is 0 Å². The van der Waals surface area contributed by atoms with Crippen LogP contribution in [0.5, 0.6) is 0 Å². The third-order valence-electron chi connectivity index (χ3n) is 3.30. The van der Waals surface area contributed by atoms with Gasteiger partial charge >= 0.3 is 0 Å². The van der Waals surface area contributed by atoms with Crippen LogP contribution in [-0.2, 0) is 9.53 Å². The second kappa shape index (κ2) is 3.79. The SMILES string of the molecule is COC1(C=O)CCCC(C)(C)CC1. The largest absolute Gasteiger partial charge is 0.371 e. The minimum absolute atomic E-state index is 0.378. The lowest BCUT2D eigenvalue weighted by molar-refractivity contribution is -0.129. The molecular formula is C11H20O2. The Labute approximate surface area is 80.7 Å². The highest BCUT2D eigenvalue weighted by Crippen LogP contribution is 2.38. The molecule has 1 rings (SSSR count). The molecule has 0 amide bonds. The summed E-state index contributed by atoms with van der Waals surface area (Å²) >= 11 is 0. The standard InChI is InChI=1S/C11H20O2/c1-10(2)5-4-6-11(9-12,13-3)8-7-10/h9H,4-8H2,1-3H3. The molecule has 13 heavy (non-hydrogen) atoms. The Hall–Kier alpha value is -0.370. The van der Waals surface area contributed by atoms with Gasteiger partial charge in [-0.1, -0.05) is 13.8 Å². The van der Waals surface area contributed by atoms with Crippen molar-refractivity contribution in [3.63, 3.8) is 0 Å². The summed E-state index contributed by atoms with van der Waals surface area (Å²) in [4.78, 5) is 11.0. The van der Waals surface area contributed by atoms with E-state index in [1.807, 2.05) is 0 Å². The van der Waals surface area contributed by atoms with Gasteiger partial charge in [-0.15, -0.1) is 0 Å². The van der Waals surface area contributed by atoms with E-state index in [4.69, 9.17) is 4.74 Å². The van der Waals surface area contributed by atoms with Gasteiger partial charge in [0.2, 0.25) is 0 Å². The van der Waals surface area contributed by atoms with Crippen molar-refractivity contribution in [1.82, 2.24) is 0 Å². The monoisotopic (exact) mass is 184 g/mol. The van der Waals surface area contributed by atoms with Crippen molar-refractivity contribution in [2.45, 2.75) is 51.6 Å². The first kappa shape index (κ1) is 10.7. The first-order valence-corrected chi connectivity index (χ1v) is 5.05. The number of hydrogen-bond acceptors (Lipinski definition) is 2. The van der Waals surface area contributed by atoms with Crippen molar-refractivity contribution in [3.8, 4) is 0 Å². The number of ether oxygens (including phenoxy) is 1. The molecule has 2 nitrogen and oxygen atoms in total.